The highest BCUT2D eigenvalue weighted by Gasteiger charge is 2.19. The lowest BCUT2D eigenvalue weighted by atomic mass is 10.2. The van der Waals surface area contributed by atoms with Crippen molar-refractivity contribution in [1.82, 2.24) is 19.2 Å². The number of hydrogen-bond acceptors (Lipinski definition) is 8. The van der Waals surface area contributed by atoms with Crippen LogP contribution in [0.2, 0.25) is 0 Å². The summed E-state index contributed by atoms with van der Waals surface area (Å²) in [4.78, 5) is 37.2. The maximum Gasteiger partial charge on any atom is 0.338 e. The minimum Gasteiger partial charge on any atom is -0.462 e. The summed E-state index contributed by atoms with van der Waals surface area (Å²) in [5.74, 6) is 0.211. The highest BCUT2D eigenvalue weighted by Crippen LogP contribution is 2.25. The molecule has 33 heavy (non-hydrogen) atoms. The topological polar surface area (TPSA) is 108 Å². The van der Waals surface area contributed by atoms with Gasteiger partial charge in [-0.3, -0.25) is 18.6 Å². The first-order valence-corrected chi connectivity index (χ1v) is 12.3. The zero-order valence-corrected chi connectivity index (χ0v) is 20.0. The number of ether oxygens (including phenoxy) is 1. The van der Waals surface area contributed by atoms with E-state index in [1.807, 2.05) is 29.7 Å². The summed E-state index contributed by atoms with van der Waals surface area (Å²) in [6, 6.07) is 8.39. The van der Waals surface area contributed by atoms with E-state index in [-0.39, 0.29) is 23.1 Å². The molecule has 1 aromatic carbocycles. The molecule has 172 valence electrons. The van der Waals surface area contributed by atoms with Gasteiger partial charge in [0.2, 0.25) is 11.7 Å². The SMILES string of the molecule is CCOC(=O)c1ccc(NC(=O)CSc2nnc3n(CC(C)C)c(=O)c4sccc4n23)cc1. The number of carbonyl (C=O) groups is 2. The summed E-state index contributed by atoms with van der Waals surface area (Å²) in [6.07, 6.45) is 0. The summed E-state index contributed by atoms with van der Waals surface area (Å²) < 4.78 is 9.07. The zero-order valence-electron chi connectivity index (χ0n) is 18.4. The number of anilines is 1. The van der Waals surface area contributed by atoms with Crippen molar-refractivity contribution in [2.75, 3.05) is 17.7 Å². The predicted molar refractivity (Wildman–Crippen MR) is 129 cm³/mol. The molecule has 0 saturated heterocycles. The number of aromatic nitrogens is 4. The first-order valence-electron chi connectivity index (χ1n) is 10.4. The van der Waals surface area contributed by atoms with Crippen molar-refractivity contribution < 1.29 is 14.3 Å². The summed E-state index contributed by atoms with van der Waals surface area (Å²) in [6.45, 7) is 6.66. The smallest absolute Gasteiger partial charge is 0.338 e. The second-order valence-corrected chi connectivity index (χ2v) is 9.56. The van der Waals surface area contributed by atoms with Gasteiger partial charge in [-0.2, -0.15) is 0 Å². The molecule has 1 N–H and O–H groups in total. The van der Waals surface area contributed by atoms with Crippen molar-refractivity contribution in [1.29, 1.82) is 0 Å². The van der Waals surface area contributed by atoms with Gasteiger partial charge in [0, 0.05) is 12.2 Å². The number of nitrogens with zero attached hydrogens (tertiary/aromatic N) is 4. The molecule has 3 heterocycles. The standard InChI is InChI=1S/C22H23N5O4S2/c1-4-31-20(30)14-5-7-15(8-6-14)23-17(28)12-33-22-25-24-21-26(11-13(2)3)19(29)18-16(27(21)22)9-10-32-18/h5-10,13H,4,11-12H2,1-3H3,(H,23,28). The van der Waals surface area contributed by atoms with Crippen molar-refractivity contribution >= 4 is 56.7 Å². The molecule has 9 nitrogen and oxygen atoms in total. The van der Waals surface area contributed by atoms with E-state index < -0.39 is 5.97 Å². The predicted octanol–water partition coefficient (Wildman–Crippen LogP) is 3.67. The normalized spacial score (nSPS) is 11.4. The first-order chi connectivity index (χ1) is 15.9. The van der Waals surface area contributed by atoms with Crippen LogP contribution in [0.15, 0.2) is 45.7 Å². The Morgan fingerprint density at radius 3 is 2.64 bits per heavy atom. The molecule has 0 fully saturated rings. The highest BCUT2D eigenvalue weighted by atomic mass is 32.2. The molecule has 0 unspecified atom stereocenters. The Balaban J connectivity index is 1.52. The van der Waals surface area contributed by atoms with Crippen LogP contribution in [-0.2, 0) is 16.1 Å². The molecule has 4 rings (SSSR count). The molecule has 0 aliphatic carbocycles. The van der Waals surface area contributed by atoms with E-state index in [0.717, 1.165) is 5.52 Å². The fourth-order valence-corrected chi connectivity index (χ4v) is 4.92. The number of esters is 1. The lowest BCUT2D eigenvalue weighted by molar-refractivity contribution is -0.113. The van der Waals surface area contributed by atoms with Crippen LogP contribution in [0.4, 0.5) is 5.69 Å². The Morgan fingerprint density at radius 1 is 1.18 bits per heavy atom. The van der Waals surface area contributed by atoms with Gasteiger partial charge >= 0.3 is 5.97 Å². The number of benzene rings is 1. The van der Waals surface area contributed by atoms with Crippen molar-refractivity contribution in [2.45, 2.75) is 32.5 Å². The number of fused-ring (bicyclic) bond motifs is 3. The van der Waals surface area contributed by atoms with E-state index in [9.17, 15) is 14.4 Å². The molecule has 0 bridgehead atoms. The van der Waals surface area contributed by atoms with Gasteiger partial charge in [-0.15, -0.1) is 21.5 Å². The molecule has 11 heteroatoms. The number of carbonyl (C=O) groups excluding carboxylic acids is 2. The maximum absolute atomic E-state index is 12.9. The van der Waals surface area contributed by atoms with Gasteiger partial charge in [0.25, 0.3) is 5.56 Å². The van der Waals surface area contributed by atoms with E-state index >= 15 is 0 Å². The number of thioether (sulfide) groups is 1. The summed E-state index contributed by atoms with van der Waals surface area (Å²) in [7, 11) is 0. The quantitative estimate of drug-likeness (QED) is 0.300. The molecule has 0 atom stereocenters. The summed E-state index contributed by atoms with van der Waals surface area (Å²) >= 11 is 2.63. The van der Waals surface area contributed by atoms with Crippen LogP contribution >= 0.6 is 23.1 Å². The molecule has 3 aromatic heterocycles. The lowest BCUT2D eigenvalue weighted by Crippen LogP contribution is -2.24. The maximum atomic E-state index is 12.9. The van der Waals surface area contributed by atoms with Crippen LogP contribution in [-0.4, -0.2) is 43.4 Å². The third-order valence-electron chi connectivity index (χ3n) is 4.74. The second kappa shape index (κ2) is 9.75. The minimum absolute atomic E-state index is 0.0749. The Morgan fingerprint density at radius 2 is 1.94 bits per heavy atom. The van der Waals surface area contributed by atoms with Gasteiger partial charge in [-0.1, -0.05) is 25.6 Å². The largest absolute Gasteiger partial charge is 0.462 e. The minimum atomic E-state index is -0.402. The van der Waals surface area contributed by atoms with E-state index in [1.165, 1.54) is 23.1 Å². The Hall–Kier alpha value is -3.18. The van der Waals surface area contributed by atoms with Crippen molar-refractivity contribution in [3.63, 3.8) is 0 Å². The van der Waals surface area contributed by atoms with Gasteiger partial charge in [0.1, 0.15) is 4.70 Å². The molecule has 0 spiro atoms. The van der Waals surface area contributed by atoms with E-state index in [1.54, 1.807) is 35.8 Å². The third kappa shape index (κ3) is 4.79. The Kier molecular flexibility index (Phi) is 6.80. The third-order valence-corrected chi connectivity index (χ3v) is 6.56. The molecule has 0 aliphatic heterocycles. The van der Waals surface area contributed by atoms with Crippen LogP contribution < -0.4 is 10.9 Å². The van der Waals surface area contributed by atoms with Crippen molar-refractivity contribution in [2.24, 2.45) is 5.92 Å². The molecular weight excluding hydrogens is 462 g/mol. The van der Waals surface area contributed by atoms with Crippen LogP contribution in [0.25, 0.3) is 16.0 Å². The molecule has 1 amide bonds. The molecule has 0 aliphatic rings. The number of thiophene rings is 1. The molecule has 4 aromatic rings. The van der Waals surface area contributed by atoms with E-state index in [2.05, 4.69) is 15.5 Å². The number of rotatable bonds is 8. The van der Waals surface area contributed by atoms with Gasteiger partial charge in [-0.05, 0) is 48.6 Å². The molecular formula is C22H23N5O4S2. The Bertz CT molecular complexity index is 1370. The first kappa shape index (κ1) is 23.0. The van der Waals surface area contributed by atoms with E-state index in [4.69, 9.17) is 4.74 Å². The zero-order chi connectivity index (χ0) is 23.5. The van der Waals surface area contributed by atoms with Crippen molar-refractivity contribution in [3.05, 3.63) is 51.6 Å². The van der Waals surface area contributed by atoms with Gasteiger partial charge in [0.05, 0.1) is 23.4 Å². The number of amides is 1. The van der Waals surface area contributed by atoms with Gasteiger partial charge in [0.15, 0.2) is 5.16 Å². The fourth-order valence-electron chi connectivity index (χ4n) is 3.35. The van der Waals surface area contributed by atoms with Gasteiger partial charge < -0.3 is 10.1 Å². The lowest BCUT2D eigenvalue weighted by Gasteiger charge is -2.11. The Labute approximate surface area is 197 Å². The monoisotopic (exact) mass is 485 g/mol. The highest BCUT2D eigenvalue weighted by molar-refractivity contribution is 7.99. The van der Waals surface area contributed by atoms with E-state index in [0.29, 0.717) is 40.0 Å². The average molecular weight is 486 g/mol. The number of nitrogens with one attached hydrogen (secondary N) is 1. The van der Waals surface area contributed by atoms with Crippen LogP contribution in [0.3, 0.4) is 0 Å². The number of hydrogen-bond donors (Lipinski definition) is 1. The second-order valence-electron chi connectivity index (χ2n) is 7.70. The van der Waals surface area contributed by atoms with Crippen LogP contribution in [0.1, 0.15) is 31.1 Å². The van der Waals surface area contributed by atoms with Gasteiger partial charge in [-0.25, -0.2) is 4.79 Å². The fraction of sp³-hybridized carbons (Fsp3) is 0.318. The molecule has 0 radical (unpaired) electrons. The van der Waals surface area contributed by atoms with Crippen molar-refractivity contribution in [3.8, 4) is 0 Å². The van der Waals surface area contributed by atoms with Crippen LogP contribution in [0.5, 0.6) is 0 Å². The molecule has 0 saturated carbocycles. The summed E-state index contributed by atoms with van der Waals surface area (Å²) in [5, 5.41) is 13.7. The summed E-state index contributed by atoms with van der Waals surface area (Å²) in [5.41, 5.74) is 1.66. The average Bonchev–Trinajstić information content (AvgIpc) is 3.43. The van der Waals surface area contributed by atoms with Crippen LogP contribution in [0, 0.1) is 5.92 Å².